The van der Waals surface area contributed by atoms with E-state index in [1.54, 1.807) is 30.3 Å². The van der Waals surface area contributed by atoms with Gasteiger partial charge < -0.3 is 20.2 Å². The van der Waals surface area contributed by atoms with Gasteiger partial charge >= 0.3 is 6.03 Å². The largest absolute Gasteiger partial charge is 0.385 e. The topological polar surface area (TPSA) is 79.6 Å². The van der Waals surface area contributed by atoms with Crippen molar-refractivity contribution < 1.29 is 9.90 Å². The lowest BCUT2D eigenvalue weighted by Crippen LogP contribution is -2.49. The molecule has 1 saturated heterocycles. The summed E-state index contributed by atoms with van der Waals surface area (Å²) in [4.78, 5) is 17.7. The lowest BCUT2D eigenvalue weighted by atomic mass is 9.77. The number of hydrogen-bond acceptors (Lipinski definition) is 4. The number of aliphatic hydroxyl groups is 1. The standard InChI is InChI=1S/C26H30Cl2N4O2/c27-23-7-6-21(17-24(23)28)30-25(33)32(15-14-31-12-1-2-13-31)22-8-10-26(34,11-9-22)20-5-3-4-19(16-20)18-29/h3-7,16-17,22,34H,1-2,8-15H2,(H,30,33). The number of nitrogens with zero attached hydrogens (tertiary/aromatic N) is 3. The van der Waals surface area contributed by atoms with Gasteiger partial charge in [-0.2, -0.15) is 5.26 Å². The maximum atomic E-state index is 13.3. The molecule has 34 heavy (non-hydrogen) atoms. The number of carbonyl (C=O) groups is 1. The predicted octanol–water partition coefficient (Wildman–Crippen LogP) is 5.63. The maximum Gasteiger partial charge on any atom is 0.322 e. The molecule has 0 unspecified atom stereocenters. The number of benzene rings is 2. The quantitative estimate of drug-likeness (QED) is 0.538. The average Bonchev–Trinajstić information content (AvgIpc) is 3.36. The Morgan fingerprint density at radius 3 is 2.56 bits per heavy atom. The van der Waals surface area contributed by atoms with Crippen molar-refractivity contribution in [1.29, 1.82) is 5.26 Å². The second-order valence-electron chi connectivity index (χ2n) is 9.26. The second kappa shape index (κ2) is 11.0. The van der Waals surface area contributed by atoms with Crippen molar-refractivity contribution in [3.63, 3.8) is 0 Å². The summed E-state index contributed by atoms with van der Waals surface area (Å²) in [6.07, 6.45) is 4.84. The number of amides is 2. The smallest absolute Gasteiger partial charge is 0.322 e. The molecule has 6 nitrogen and oxygen atoms in total. The molecule has 2 fully saturated rings. The first kappa shape index (κ1) is 24.8. The average molecular weight is 501 g/mol. The Kier molecular flexibility index (Phi) is 8.00. The molecule has 2 aromatic carbocycles. The van der Waals surface area contributed by atoms with Gasteiger partial charge in [-0.05, 0) is 87.5 Å². The van der Waals surface area contributed by atoms with Gasteiger partial charge in [-0.3, -0.25) is 0 Å². The van der Waals surface area contributed by atoms with E-state index in [9.17, 15) is 15.2 Å². The van der Waals surface area contributed by atoms with Gasteiger partial charge in [0.05, 0.1) is 27.3 Å². The molecule has 1 heterocycles. The van der Waals surface area contributed by atoms with Crippen LogP contribution in [0.4, 0.5) is 10.5 Å². The van der Waals surface area contributed by atoms with Gasteiger partial charge in [0, 0.05) is 24.8 Å². The van der Waals surface area contributed by atoms with E-state index in [-0.39, 0.29) is 12.1 Å². The lowest BCUT2D eigenvalue weighted by Gasteiger charge is -2.41. The summed E-state index contributed by atoms with van der Waals surface area (Å²) >= 11 is 12.2. The van der Waals surface area contributed by atoms with Crippen LogP contribution >= 0.6 is 23.2 Å². The van der Waals surface area contributed by atoms with Gasteiger partial charge in [-0.25, -0.2) is 4.79 Å². The number of nitrogens with one attached hydrogen (secondary N) is 1. The Labute approximate surface area is 211 Å². The van der Waals surface area contributed by atoms with Crippen LogP contribution in [0.25, 0.3) is 0 Å². The van der Waals surface area contributed by atoms with Gasteiger partial charge in [-0.1, -0.05) is 35.3 Å². The molecular formula is C26H30Cl2N4O2. The van der Waals surface area contributed by atoms with Crippen LogP contribution in [0.1, 0.15) is 49.7 Å². The van der Waals surface area contributed by atoms with E-state index in [1.807, 2.05) is 17.0 Å². The first-order chi connectivity index (χ1) is 16.4. The molecule has 0 bridgehead atoms. The molecule has 0 aromatic heterocycles. The van der Waals surface area contributed by atoms with Crippen molar-refractivity contribution >= 4 is 34.9 Å². The van der Waals surface area contributed by atoms with E-state index < -0.39 is 5.60 Å². The van der Waals surface area contributed by atoms with Gasteiger partial charge in [-0.15, -0.1) is 0 Å². The number of likely N-dealkylation sites (tertiary alicyclic amines) is 1. The van der Waals surface area contributed by atoms with Crippen LogP contribution in [-0.2, 0) is 5.60 Å². The van der Waals surface area contributed by atoms with Crippen LogP contribution < -0.4 is 5.32 Å². The summed E-state index contributed by atoms with van der Waals surface area (Å²) < 4.78 is 0. The third kappa shape index (κ3) is 5.84. The Hall–Kier alpha value is -2.30. The molecule has 4 rings (SSSR count). The molecule has 0 spiro atoms. The number of hydrogen-bond donors (Lipinski definition) is 2. The summed E-state index contributed by atoms with van der Waals surface area (Å²) in [5, 5.41) is 24.4. The first-order valence-corrected chi connectivity index (χ1v) is 12.6. The van der Waals surface area contributed by atoms with Crippen LogP contribution in [0, 0.1) is 11.3 Å². The fourth-order valence-corrected chi connectivity index (χ4v) is 5.33. The van der Waals surface area contributed by atoms with E-state index in [2.05, 4.69) is 16.3 Å². The van der Waals surface area contributed by atoms with Gasteiger partial charge in [0.1, 0.15) is 0 Å². The van der Waals surface area contributed by atoms with Crippen molar-refractivity contribution in [2.24, 2.45) is 0 Å². The Bertz CT molecular complexity index is 1060. The third-order valence-electron chi connectivity index (χ3n) is 7.04. The van der Waals surface area contributed by atoms with Crippen LogP contribution in [0.3, 0.4) is 0 Å². The van der Waals surface area contributed by atoms with Crippen molar-refractivity contribution in [2.45, 2.75) is 50.2 Å². The van der Waals surface area contributed by atoms with Crippen LogP contribution in [0.15, 0.2) is 42.5 Å². The minimum absolute atomic E-state index is 0.0183. The van der Waals surface area contributed by atoms with E-state index in [0.29, 0.717) is 53.5 Å². The molecule has 2 aromatic rings. The Balaban J connectivity index is 1.46. The fourth-order valence-electron chi connectivity index (χ4n) is 5.03. The molecule has 1 aliphatic carbocycles. The molecule has 2 aliphatic rings. The van der Waals surface area contributed by atoms with Crippen LogP contribution in [0.2, 0.25) is 10.0 Å². The minimum atomic E-state index is -0.982. The van der Waals surface area contributed by atoms with Crippen molar-refractivity contribution in [3.8, 4) is 6.07 Å². The fraction of sp³-hybridized carbons (Fsp3) is 0.462. The summed E-state index contributed by atoms with van der Waals surface area (Å²) in [5.74, 6) is 0. The van der Waals surface area contributed by atoms with Crippen molar-refractivity contribution in [2.75, 3.05) is 31.5 Å². The molecule has 180 valence electrons. The zero-order valence-corrected chi connectivity index (χ0v) is 20.7. The highest BCUT2D eigenvalue weighted by Crippen LogP contribution is 2.39. The summed E-state index contributed by atoms with van der Waals surface area (Å²) in [6, 6.07) is 14.3. The highest BCUT2D eigenvalue weighted by atomic mass is 35.5. The minimum Gasteiger partial charge on any atom is -0.385 e. The molecule has 8 heteroatoms. The van der Waals surface area contributed by atoms with Crippen molar-refractivity contribution in [1.82, 2.24) is 9.80 Å². The SMILES string of the molecule is N#Cc1cccc(C2(O)CCC(N(CCN3CCCC3)C(=O)Nc3ccc(Cl)c(Cl)c3)CC2)c1. The maximum absolute atomic E-state index is 13.3. The summed E-state index contributed by atoms with van der Waals surface area (Å²) in [5.41, 5.74) is 0.936. The lowest BCUT2D eigenvalue weighted by molar-refractivity contribution is -0.0198. The zero-order valence-electron chi connectivity index (χ0n) is 19.1. The molecule has 1 aliphatic heterocycles. The van der Waals surface area contributed by atoms with E-state index >= 15 is 0 Å². The highest BCUT2D eigenvalue weighted by molar-refractivity contribution is 6.42. The van der Waals surface area contributed by atoms with Crippen LogP contribution in [-0.4, -0.2) is 53.2 Å². The number of rotatable bonds is 6. The Morgan fingerprint density at radius 2 is 1.88 bits per heavy atom. The number of anilines is 1. The van der Waals surface area contributed by atoms with Gasteiger partial charge in [0.15, 0.2) is 0 Å². The monoisotopic (exact) mass is 500 g/mol. The van der Waals surface area contributed by atoms with E-state index in [4.69, 9.17) is 23.2 Å². The predicted molar refractivity (Wildman–Crippen MR) is 135 cm³/mol. The Morgan fingerprint density at radius 1 is 1.15 bits per heavy atom. The number of halogens is 2. The normalized spacial score (nSPS) is 22.8. The first-order valence-electron chi connectivity index (χ1n) is 11.9. The molecule has 2 N–H and O–H groups in total. The molecule has 1 saturated carbocycles. The molecular weight excluding hydrogens is 471 g/mol. The van der Waals surface area contributed by atoms with Crippen molar-refractivity contribution in [3.05, 3.63) is 63.6 Å². The molecule has 0 radical (unpaired) electrons. The van der Waals surface area contributed by atoms with Crippen LogP contribution in [0.5, 0.6) is 0 Å². The summed E-state index contributed by atoms with van der Waals surface area (Å²) in [7, 11) is 0. The number of urea groups is 1. The highest BCUT2D eigenvalue weighted by Gasteiger charge is 2.38. The van der Waals surface area contributed by atoms with E-state index in [1.165, 1.54) is 12.8 Å². The number of nitriles is 1. The van der Waals surface area contributed by atoms with Gasteiger partial charge in [0.2, 0.25) is 0 Å². The molecule has 0 atom stereocenters. The molecule has 2 amide bonds. The van der Waals surface area contributed by atoms with E-state index in [0.717, 1.165) is 25.2 Å². The second-order valence-corrected chi connectivity index (χ2v) is 10.1. The number of carbonyl (C=O) groups excluding carboxylic acids is 1. The third-order valence-corrected chi connectivity index (χ3v) is 7.78. The zero-order chi connectivity index (χ0) is 24.1. The summed E-state index contributed by atoms with van der Waals surface area (Å²) in [6.45, 7) is 3.60. The van der Waals surface area contributed by atoms with Gasteiger partial charge in [0.25, 0.3) is 0 Å².